The van der Waals surface area contributed by atoms with E-state index in [4.69, 9.17) is 10.5 Å². The van der Waals surface area contributed by atoms with Gasteiger partial charge in [0.2, 0.25) is 0 Å². The number of esters is 1. The van der Waals surface area contributed by atoms with Crippen molar-refractivity contribution in [3.8, 4) is 11.1 Å². The average Bonchev–Trinajstić information content (AvgIpc) is 2.86. The van der Waals surface area contributed by atoms with Crippen molar-refractivity contribution >= 4 is 22.3 Å². The van der Waals surface area contributed by atoms with Gasteiger partial charge in [-0.15, -0.1) is 11.3 Å². The topological polar surface area (TPSA) is 52.3 Å². The molecule has 112 valence electrons. The van der Waals surface area contributed by atoms with Crippen molar-refractivity contribution in [2.75, 3.05) is 12.3 Å². The molecule has 2 N–H and O–H groups in total. The number of benzene rings is 1. The summed E-state index contributed by atoms with van der Waals surface area (Å²) in [5, 5.41) is 2.43. The Morgan fingerprint density at radius 1 is 1.29 bits per heavy atom. The van der Waals surface area contributed by atoms with Crippen LogP contribution in [-0.4, -0.2) is 12.6 Å². The molecule has 0 radical (unpaired) electrons. The molecule has 1 aromatic carbocycles. The van der Waals surface area contributed by atoms with E-state index in [-0.39, 0.29) is 5.97 Å². The van der Waals surface area contributed by atoms with Gasteiger partial charge in [0.25, 0.3) is 0 Å². The van der Waals surface area contributed by atoms with E-state index in [9.17, 15) is 4.79 Å². The van der Waals surface area contributed by atoms with Crippen molar-refractivity contribution < 1.29 is 9.53 Å². The van der Waals surface area contributed by atoms with Gasteiger partial charge in [-0.05, 0) is 23.5 Å². The molecular weight excluding hydrogens is 282 g/mol. The quantitative estimate of drug-likeness (QED) is 0.834. The zero-order valence-electron chi connectivity index (χ0n) is 12.7. The Hall–Kier alpha value is -1.81. The third-order valence-electron chi connectivity index (χ3n) is 3.24. The van der Waals surface area contributed by atoms with Gasteiger partial charge in [-0.3, -0.25) is 0 Å². The van der Waals surface area contributed by atoms with Crippen LogP contribution >= 0.6 is 11.3 Å². The van der Waals surface area contributed by atoms with Crippen molar-refractivity contribution in [1.82, 2.24) is 0 Å². The van der Waals surface area contributed by atoms with Crippen molar-refractivity contribution in [3.05, 3.63) is 40.8 Å². The number of carbonyl (C=O) groups is 1. The molecule has 0 bridgehead atoms. The van der Waals surface area contributed by atoms with Gasteiger partial charge in [-0.25, -0.2) is 4.79 Å². The Morgan fingerprint density at radius 2 is 1.95 bits per heavy atom. The fourth-order valence-electron chi connectivity index (χ4n) is 2.03. The minimum absolute atomic E-state index is 0.307. The van der Waals surface area contributed by atoms with Crippen LogP contribution < -0.4 is 5.73 Å². The fourth-order valence-corrected chi connectivity index (χ4v) is 2.84. The predicted molar refractivity (Wildman–Crippen MR) is 88.7 cm³/mol. The standard InChI is InChI=1S/C17H21NO2S/c1-4-12-5-7-13(8-6-12)14-10-21-16(18)15(14)17(19)20-9-11(2)3/h5-8,10-11H,4,9,18H2,1-3H3. The second kappa shape index (κ2) is 6.76. The van der Waals surface area contributed by atoms with Gasteiger partial charge in [0.15, 0.2) is 0 Å². The van der Waals surface area contributed by atoms with Gasteiger partial charge < -0.3 is 10.5 Å². The van der Waals surface area contributed by atoms with Crippen LogP contribution in [-0.2, 0) is 11.2 Å². The number of ether oxygens (including phenoxy) is 1. The van der Waals surface area contributed by atoms with Crippen LogP contribution in [0.4, 0.5) is 5.00 Å². The largest absolute Gasteiger partial charge is 0.462 e. The van der Waals surface area contributed by atoms with E-state index in [2.05, 4.69) is 19.1 Å². The first-order valence-corrected chi connectivity index (χ1v) is 8.04. The zero-order chi connectivity index (χ0) is 15.4. The number of hydrogen-bond donors (Lipinski definition) is 1. The predicted octanol–water partition coefficient (Wildman–Crippen LogP) is 4.37. The summed E-state index contributed by atoms with van der Waals surface area (Å²) in [6, 6.07) is 8.21. The molecule has 3 nitrogen and oxygen atoms in total. The first-order valence-electron chi connectivity index (χ1n) is 7.16. The summed E-state index contributed by atoms with van der Waals surface area (Å²) in [5.74, 6) is -0.0295. The number of hydrogen-bond acceptors (Lipinski definition) is 4. The fraction of sp³-hybridized carbons (Fsp3) is 0.353. The molecule has 0 amide bonds. The molecule has 2 aromatic rings. The lowest BCUT2D eigenvalue weighted by Gasteiger charge is -2.09. The molecule has 0 atom stereocenters. The normalized spacial score (nSPS) is 10.9. The Labute approximate surface area is 129 Å². The molecular formula is C17H21NO2S. The maximum atomic E-state index is 12.3. The lowest BCUT2D eigenvalue weighted by atomic mass is 10.0. The van der Waals surface area contributed by atoms with E-state index in [1.807, 2.05) is 31.4 Å². The molecule has 2 rings (SSSR count). The smallest absolute Gasteiger partial charge is 0.341 e. The second-order valence-electron chi connectivity index (χ2n) is 5.43. The van der Waals surface area contributed by atoms with Crippen LogP contribution in [0.1, 0.15) is 36.7 Å². The van der Waals surface area contributed by atoms with Gasteiger partial charge in [0.05, 0.1) is 6.61 Å². The van der Waals surface area contributed by atoms with Gasteiger partial charge in [0, 0.05) is 10.9 Å². The lowest BCUT2D eigenvalue weighted by molar-refractivity contribution is 0.0461. The molecule has 0 saturated carbocycles. The van der Waals surface area contributed by atoms with Crippen LogP contribution in [0.2, 0.25) is 0 Å². The summed E-state index contributed by atoms with van der Waals surface area (Å²) < 4.78 is 5.32. The van der Waals surface area contributed by atoms with Crippen LogP contribution in [0.5, 0.6) is 0 Å². The first kappa shape index (κ1) is 15.6. The molecule has 0 saturated heterocycles. The molecule has 21 heavy (non-hydrogen) atoms. The highest BCUT2D eigenvalue weighted by Gasteiger charge is 2.20. The Balaban J connectivity index is 2.30. The summed E-state index contributed by atoms with van der Waals surface area (Å²) in [6.45, 7) is 6.54. The lowest BCUT2D eigenvalue weighted by Crippen LogP contribution is -2.11. The molecule has 1 aromatic heterocycles. The monoisotopic (exact) mass is 303 g/mol. The van der Waals surface area contributed by atoms with Crippen LogP contribution in [0.15, 0.2) is 29.6 Å². The average molecular weight is 303 g/mol. The van der Waals surface area contributed by atoms with E-state index in [1.54, 1.807) is 0 Å². The molecule has 0 spiro atoms. The molecule has 1 heterocycles. The highest BCUT2D eigenvalue weighted by Crippen LogP contribution is 2.34. The number of nitrogens with two attached hydrogens (primary N) is 1. The van der Waals surface area contributed by atoms with Crippen molar-refractivity contribution in [1.29, 1.82) is 0 Å². The van der Waals surface area contributed by atoms with Gasteiger partial charge in [0.1, 0.15) is 10.6 Å². The number of thiophene rings is 1. The second-order valence-corrected chi connectivity index (χ2v) is 6.34. The van der Waals surface area contributed by atoms with E-state index < -0.39 is 0 Å². The van der Waals surface area contributed by atoms with Crippen LogP contribution in [0.25, 0.3) is 11.1 Å². The van der Waals surface area contributed by atoms with Gasteiger partial charge in [-0.1, -0.05) is 45.0 Å². The molecule has 4 heteroatoms. The Bertz CT molecular complexity index is 614. The third-order valence-corrected chi connectivity index (χ3v) is 4.06. The minimum Gasteiger partial charge on any atom is -0.462 e. The first-order chi connectivity index (χ1) is 10.0. The van der Waals surface area contributed by atoms with Crippen LogP contribution in [0.3, 0.4) is 0 Å². The van der Waals surface area contributed by atoms with E-state index in [1.165, 1.54) is 16.9 Å². The Kier molecular flexibility index (Phi) is 5.02. The maximum absolute atomic E-state index is 12.3. The maximum Gasteiger partial charge on any atom is 0.341 e. The Morgan fingerprint density at radius 3 is 2.52 bits per heavy atom. The highest BCUT2D eigenvalue weighted by atomic mass is 32.1. The minimum atomic E-state index is -0.336. The summed E-state index contributed by atoms with van der Waals surface area (Å²) >= 11 is 1.38. The van der Waals surface area contributed by atoms with E-state index in [0.717, 1.165) is 17.5 Å². The summed E-state index contributed by atoms with van der Waals surface area (Å²) in [7, 11) is 0. The summed E-state index contributed by atoms with van der Waals surface area (Å²) in [4.78, 5) is 12.3. The van der Waals surface area contributed by atoms with Crippen LogP contribution in [0, 0.1) is 5.92 Å². The van der Waals surface area contributed by atoms with Crippen molar-refractivity contribution in [3.63, 3.8) is 0 Å². The molecule has 0 unspecified atom stereocenters. The number of rotatable bonds is 5. The zero-order valence-corrected chi connectivity index (χ0v) is 13.5. The highest BCUT2D eigenvalue weighted by molar-refractivity contribution is 7.14. The number of aryl methyl sites for hydroxylation is 1. The molecule has 0 aliphatic heterocycles. The summed E-state index contributed by atoms with van der Waals surface area (Å²) in [5.41, 5.74) is 9.57. The van der Waals surface area contributed by atoms with Gasteiger partial charge in [-0.2, -0.15) is 0 Å². The number of carbonyl (C=O) groups excluding carboxylic acids is 1. The molecule has 0 fully saturated rings. The van der Waals surface area contributed by atoms with Crippen molar-refractivity contribution in [2.45, 2.75) is 27.2 Å². The number of nitrogen functional groups attached to an aromatic ring is 1. The number of anilines is 1. The third kappa shape index (κ3) is 3.64. The van der Waals surface area contributed by atoms with Gasteiger partial charge >= 0.3 is 5.97 Å². The van der Waals surface area contributed by atoms with E-state index in [0.29, 0.717) is 23.1 Å². The summed E-state index contributed by atoms with van der Waals surface area (Å²) in [6.07, 6.45) is 0.995. The molecule has 0 aliphatic carbocycles. The van der Waals surface area contributed by atoms with E-state index >= 15 is 0 Å². The SMILES string of the molecule is CCc1ccc(-c2csc(N)c2C(=O)OCC(C)C)cc1. The van der Waals surface area contributed by atoms with Crippen molar-refractivity contribution in [2.24, 2.45) is 5.92 Å². The molecule has 0 aliphatic rings.